The summed E-state index contributed by atoms with van der Waals surface area (Å²) in [6, 6.07) is 16.4. The van der Waals surface area contributed by atoms with Gasteiger partial charge >= 0.3 is 0 Å². The average molecular weight is 304 g/mol. The highest BCUT2D eigenvalue weighted by atomic mass is 16.1. The molecule has 2 aromatic carbocycles. The number of pyridine rings is 1. The lowest BCUT2D eigenvalue weighted by Crippen LogP contribution is -2.14. The fourth-order valence-corrected chi connectivity index (χ4v) is 2.46. The molecule has 114 valence electrons. The zero-order valence-corrected chi connectivity index (χ0v) is 13.0. The van der Waals surface area contributed by atoms with Crippen molar-refractivity contribution in [1.29, 1.82) is 0 Å². The van der Waals surface area contributed by atoms with E-state index in [2.05, 4.69) is 10.3 Å². The van der Waals surface area contributed by atoms with Crippen molar-refractivity contribution in [2.45, 2.75) is 13.8 Å². The summed E-state index contributed by atoms with van der Waals surface area (Å²) in [5, 5.41) is 3.75. The molecule has 4 nitrogen and oxygen atoms in total. The maximum Gasteiger partial charge on any atom is 0.257 e. The second-order valence-corrected chi connectivity index (χ2v) is 5.41. The highest BCUT2D eigenvalue weighted by molar-refractivity contribution is 6.07. The van der Waals surface area contributed by atoms with Crippen molar-refractivity contribution in [3.05, 3.63) is 71.4 Å². The van der Waals surface area contributed by atoms with Crippen LogP contribution in [0.1, 0.15) is 33.3 Å². The monoisotopic (exact) mass is 304 g/mol. The first-order valence-corrected chi connectivity index (χ1v) is 7.33. The van der Waals surface area contributed by atoms with E-state index in [1.54, 1.807) is 24.3 Å². The molecule has 1 N–H and O–H groups in total. The third-order valence-corrected chi connectivity index (χ3v) is 3.69. The van der Waals surface area contributed by atoms with Crippen LogP contribution in [-0.2, 0) is 0 Å². The number of aryl methyl sites for hydroxylation is 1. The molecule has 0 saturated heterocycles. The van der Waals surface area contributed by atoms with E-state index in [4.69, 9.17) is 0 Å². The number of Topliss-reactive ketones (excluding diaryl/α,β-unsaturated/α-hetero) is 1. The molecule has 0 saturated carbocycles. The number of anilines is 1. The SMILES string of the molecule is CC(=O)c1cccc(NC(=O)c2cc3ccccc3nc2C)c1. The second-order valence-electron chi connectivity index (χ2n) is 5.41. The first kappa shape index (κ1) is 14.9. The Morgan fingerprint density at radius 2 is 1.78 bits per heavy atom. The fourth-order valence-electron chi connectivity index (χ4n) is 2.46. The van der Waals surface area contributed by atoms with Gasteiger partial charge in [-0.05, 0) is 38.1 Å². The molecule has 3 aromatic rings. The van der Waals surface area contributed by atoms with Crippen molar-refractivity contribution < 1.29 is 9.59 Å². The van der Waals surface area contributed by atoms with Crippen LogP contribution in [0.15, 0.2) is 54.6 Å². The number of hydrogen-bond acceptors (Lipinski definition) is 3. The lowest BCUT2D eigenvalue weighted by molar-refractivity contribution is 0.101. The second kappa shape index (κ2) is 6.01. The number of para-hydroxylation sites is 1. The molecule has 0 radical (unpaired) electrons. The minimum atomic E-state index is -0.235. The molecule has 0 atom stereocenters. The van der Waals surface area contributed by atoms with Gasteiger partial charge in [0.15, 0.2) is 5.78 Å². The first-order chi connectivity index (χ1) is 11.0. The van der Waals surface area contributed by atoms with Crippen LogP contribution >= 0.6 is 0 Å². The quantitative estimate of drug-likeness (QED) is 0.744. The van der Waals surface area contributed by atoms with Gasteiger partial charge in [0, 0.05) is 16.6 Å². The maximum absolute atomic E-state index is 12.5. The Labute approximate surface area is 134 Å². The lowest BCUT2D eigenvalue weighted by Gasteiger charge is -2.09. The summed E-state index contributed by atoms with van der Waals surface area (Å²) in [7, 11) is 0. The van der Waals surface area contributed by atoms with E-state index in [1.807, 2.05) is 37.3 Å². The van der Waals surface area contributed by atoms with Crippen LogP contribution in [0.2, 0.25) is 0 Å². The molecule has 0 bridgehead atoms. The van der Waals surface area contributed by atoms with E-state index < -0.39 is 0 Å². The van der Waals surface area contributed by atoms with Gasteiger partial charge in [-0.3, -0.25) is 14.6 Å². The number of hydrogen-bond donors (Lipinski definition) is 1. The van der Waals surface area contributed by atoms with Gasteiger partial charge < -0.3 is 5.32 Å². The fraction of sp³-hybridized carbons (Fsp3) is 0.105. The van der Waals surface area contributed by atoms with E-state index in [9.17, 15) is 9.59 Å². The number of aromatic nitrogens is 1. The van der Waals surface area contributed by atoms with E-state index in [0.29, 0.717) is 22.5 Å². The normalized spacial score (nSPS) is 10.5. The lowest BCUT2D eigenvalue weighted by atomic mass is 10.1. The summed E-state index contributed by atoms with van der Waals surface area (Å²) < 4.78 is 0. The molecule has 4 heteroatoms. The Kier molecular flexibility index (Phi) is 3.89. The number of amides is 1. The summed E-state index contributed by atoms with van der Waals surface area (Å²) in [5.74, 6) is -0.272. The number of benzene rings is 2. The van der Waals surface area contributed by atoms with Crippen molar-refractivity contribution in [3.8, 4) is 0 Å². The number of fused-ring (bicyclic) bond motifs is 1. The minimum Gasteiger partial charge on any atom is -0.322 e. The number of carbonyl (C=O) groups is 2. The third-order valence-electron chi connectivity index (χ3n) is 3.69. The summed E-state index contributed by atoms with van der Waals surface area (Å²) in [4.78, 5) is 28.4. The van der Waals surface area contributed by atoms with Crippen molar-refractivity contribution in [2.75, 3.05) is 5.32 Å². The van der Waals surface area contributed by atoms with Crippen LogP contribution < -0.4 is 5.32 Å². The smallest absolute Gasteiger partial charge is 0.257 e. The number of rotatable bonds is 3. The van der Waals surface area contributed by atoms with Gasteiger partial charge in [0.2, 0.25) is 0 Å². The molecule has 1 aromatic heterocycles. The Morgan fingerprint density at radius 3 is 2.57 bits per heavy atom. The molecule has 0 unspecified atom stereocenters. The van der Waals surface area contributed by atoms with Gasteiger partial charge in [0.1, 0.15) is 0 Å². The van der Waals surface area contributed by atoms with Gasteiger partial charge in [0.25, 0.3) is 5.91 Å². The maximum atomic E-state index is 12.5. The Hall–Kier alpha value is -3.01. The van der Waals surface area contributed by atoms with Crippen LogP contribution in [-0.4, -0.2) is 16.7 Å². The largest absolute Gasteiger partial charge is 0.322 e. The zero-order chi connectivity index (χ0) is 16.4. The van der Waals surface area contributed by atoms with E-state index in [0.717, 1.165) is 10.9 Å². The number of nitrogens with zero attached hydrogens (tertiary/aromatic N) is 1. The molecule has 0 aliphatic rings. The third kappa shape index (κ3) is 3.11. The summed E-state index contributed by atoms with van der Waals surface area (Å²) in [6.45, 7) is 3.31. The summed E-state index contributed by atoms with van der Waals surface area (Å²) in [5.41, 5.74) is 3.22. The van der Waals surface area contributed by atoms with Gasteiger partial charge in [-0.1, -0.05) is 30.3 Å². The van der Waals surface area contributed by atoms with Crippen LogP contribution in [0.4, 0.5) is 5.69 Å². The van der Waals surface area contributed by atoms with Crippen LogP contribution in [0.5, 0.6) is 0 Å². The number of ketones is 1. The average Bonchev–Trinajstić information content (AvgIpc) is 2.54. The van der Waals surface area contributed by atoms with Crippen molar-refractivity contribution in [1.82, 2.24) is 4.98 Å². The number of carbonyl (C=O) groups excluding carboxylic acids is 2. The van der Waals surface area contributed by atoms with Crippen molar-refractivity contribution in [2.24, 2.45) is 0 Å². The van der Waals surface area contributed by atoms with Crippen LogP contribution in [0.3, 0.4) is 0 Å². The van der Waals surface area contributed by atoms with Gasteiger partial charge in [-0.15, -0.1) is 0 Å². The van der Waals surface area contributed by atoms with Crippen LogP contribution in [0, 0.1) is 6.92 Å². The molecular weight excluding hydrogens is 288 g/mol. The van der Waals surface area contributed by atoms with Gasteiger partial charge in [0.05, 0.1) is 16.8 Å². The Balaban J connectivity index is 1.93. The van der Waals surface area contributed by atoms with Crippen LogP contribution in [0.25, 0.3) is 10.9 Å². The topological polar surface area (TPSA) is 59.1 Å². The van der Waals surface area contributed by atoms with Crippen molar-refractivity contribution >= 4 is 28.3 Å². The standard InChI is InChI=1S/C19H16N2O2/c1-12-17(11-15-6-3-4-9-18(15)20-12)19(23)21-16-8-5-7-14(10-16)13(2)22/h3-11H,1-2H3,(H,21,23). The summed E-state index contributed by atoms with van der Waals surface area (Å²) >= 11 is 0. The molecule has 1 amide bonds. The van der Waals surface area contributed by atoms with E-state index >= 15 is 0 Å². The first-order valence-electron chi connectivity index (χ1n) is 7.33. The van der Waals surface area contributed by atoms with E-state index in [-0.39, 0.29) is 11.7 Å². The molecule has 23 heavy (non-hydrogen) atoms. The highest BCUT2D eigenvalue weighted by Crippen LogP contribution is 2.18. The molecule has 0 fully saturated rings. The molecule has 0 aliphatic carbocycles. The summed E-state index contributed by atoms with van der Waals surface area (Å²) in [6.07, 6.45) is 0. The van der Waals surface area contributed by atoms with Crippen molar-refractivity contribution in [3.63, 3.8) is 0 Å². The molecular formula is C19H16N2O2. The Morgan fingerprint density at radius 1 is 1.00 bits per heavy atom. The molecule has 0 spiro atoms. The zero-order valence-electron chi connectivity index (χ0n) is 13.0. The van der Waals surface area contributed by atoms with Gasteiger partial charge in [-0.2, -0.15) is 0 Å². The molecule has 3 rings (SSSR count). The molecule has 1 heterocycles. The molecule has 0 aliphatic heterocycles. The predicted molar refractivity (Wildman–Crippen MR) is 90.9 cm³/mol. The van der Waals surface area contributed by atoms with Gasteiger partial charge in [-0.25, -0.2) is 0 Å². The number of nitrogens with one attached hydrogen (secondary N) is 1. The van der Waals surface area contributed by atoms with E-state index in [1.165, 1.54) is 6.92 Å². The minimum absolute atomic E-state index is 0.0374. The Bertz CT molecular complexity index is 916. The highest BCUT2D eigenvalue weighted by Gasteiger charge is 2.12. The predicted octanol–water partition coefficient (Wildman–Crippen LogP) is 4.00.